The molecule has 0 radical (unpaired) electrons. The first-order valence-electron chi connectivity index (χ1n) is 6.47. The number of imide groups is 1. The zero-order chi connectivity index (χ0) is 14.7. The molecule has 0 aliphatic carbocycles. The van der Waals surface area contributed by atoms with Crippen LogP contribution < -0.4 is 0 Å². The third-order valence-corrected chi connectivity index (χ3v) is 3.25. The number of carbonyl (C=O) groups excluding carboxylic acids is 4. The van der Waals surface area contributed by atoms with Crippen LogP contribution >= 0.6 is 0 Å². The number of Topliss-reactive ketones (excluding diaryl/α,β-unsaturated/α-hetero) is 2. The quantitative estimate of drug-likeness (QED) is 0.738. The van der Waals surface area contributed by atoms with Crippen LogP contribution in [-0.2, 0) is 9.59 Å². The third-order valence-electron chi connectivity index (χ3n) is 3.25. The second-order valence-corrected chi connectivity index (χ2v) is 4.80. The highest BCUT2D eigenvalue weighted by Crippen LogP contribution is 2.22. The van der Waals surface area contributed by atoms with Crippen LogP contribution in [0.15, 0.2) is 24.3 Å². The Balaban J connectivity index is 1.96. The van der Waals surface area contributed by atoms with Crippen molar-refractivity contribution in [1.82, 2.24) is 4.90 Å². The molecule has 0 bridgehead atoms. The zero-order valence-electron chi connectivity index (χ0n) is 11.2. The normalized spacial score (nSPS) is 13.6. The van der Waals surface area contributed by atoms with Crippen molar-refractivity contribution in [3.8, 4) is 0 Å². The van der Waals surface area contributed by atoms with Gasteiger partial charge in [-0.05, 0) is 19.1 Å². The molecule has 0 aromatic heterocycles. The molecule has 0 saturated carbocycles. The molecule has 104 valence electrons. The molecule has 1 aliphatic rings. The standard InChI is InChI=1S/C15H15NO4/c1-10(17)6-7-11(18)8-9-16-14(19)12-4-2-3-5-13(12)15(16)20/h2-5H,6-9H2,1H3. The van der Waals surface area contributed by atoms with Crippen molar-refractivity contribution < 1.29 is 19.2 Å². The summed E-state index contributed by atoms with van der Waals surface area (Å²) in [4.78, 5) is 47.5. The highest BCUT2D eigenvalue weighted by Gasteiger charge is 2.34. The second kappa shape index (κ2) is 5.77. The van der Waals surface area contributed by atoms with Crippen molar-refractivity contribution in [3.63, 3.8) is 0 Å². The van der Waals surface area contributed by atoms with Crippen molar-refractivity contribution >= 4 is 23.4 Å². The van der Waals surface area contributed by atoms with E-state index in [1.54, 1.807) is 24.3 Å². The minimum atomic E-state index is -0.357. The van der Waals surface area contributed by atoms with E-state index in [4.69, 9.17) is 0 Å². The molecule has 1 aliphatic heterocycles. The topological polar surface area (TPSA) is 71.5 Å². The first-order chi connectivity index (χ1) is 9.50. The summed E-state index contributed by atoms with van der Waals surface area (Å²) in [6.45, 7) is 1.50. The molecule has 0 atom stereocenters. The lowest BCUT2D eigenvalue weighted by atomic mass is 10.1. The van der Waals surface area contributed by atoms with Crippen LogP contribution in [0, 0.1) is 0 Å². The van der Waals surface area contributed by atoms with Gasteiger partial charge in [-0.2, -0.15) is 0 Å². The van der Waals surface area contributed by atoms with E-state index in [9.17, 15) is 19.2 Å². The summed E-state index contributed by atoms with van der Waals surface area (Å²) in [7, 11) is 0. The maximum absolute atomic E-state index is 12.0. The van der Waals surface area contributed by atoms with Crippen LogP contribution in [0.1, 0.15) is 46.9 Å². The Labute approximate surface area is 116 Å². The minimum absolute atomic E-state index is 0.0425. The Morgan fingerprint density at radius 3 is 2.00 bits per heavy atom. The van der Waals surface area contributed by atoms with Gasteiger partial charge in [0.05, 0.1) is 11.1 Å². The van der Waals surface area contributed by atoms with E-state index in [1.165, 1.54) is 6.92 Å². The van der Waals surface area contributed by atoms with Gasteiger partial charge >= 0.3 is 0 Å². The van der Waals surface area contributed by atoms with E-state index in [-0.39, 0.29) is 49.2 Å². The van der Waals surface area contributed by atoms with Gasteiger partial charge in [0.25, 0.3) is 11.8 Å². The number of ketones is 2. The molecule has 1 aromatic rings. The first kappa shape index (κ1) is 14.1. The van der Waals surface area contributed by atoms with Crippen LogP contribution in [-0.4, -0.2) is 34.8 Å². The maximum Gasteiger partial charge on any atom is 0.261 e. The Bertz CT molecular complexity index is 556. The fourth-order valence-electron chi connectivity index (χ4n) is 2.12. The largest absolute Gasteiger partial charge is 0.300 e. The lowest BCUT2D eigenvalue weighted by Crippen LogP contribution is -2.31. The van der Waals surface area contributed by atoms with Crippen LogP contribution in [0.4, 0.5) is 0 Å². The van der Waals surface area contributed by atoms with Gasteiger partial charge in [-0.15, -0.1) is 0 Å². The van der Waals surface area contributed by atoms with Gasteiger partial charge in [0.2, 0.25) is 0 Å². The number of hydrogen-bond acceptors (Lipinski definition) is 4. The summed E-state index contributed by atoms with van der Waals surface area (Å²) in [6, 6.07) is 6.61. The number of nitrogens with zero attached hydrogens (tertiary/aromatic N) is 1. The monoisotopic (exact) mass is 273 g/mol. The molecule has 5 nitrogen and oxygen atoms in total. The van der Waals surface area contributed by atoms with E-state index in [0.29, 0.717) is 11.1 Å². The van der Waals surface area contributed by atoms with Crippen molar-refractivity contribution in [2.24, 2.45) is 0 Å². The third kappa shape index (κ3) is 2.82. The molecule has 2 amide bonds. The SMILES string of the molecule is CC(=O)CCC(=O)CCN1C(=O)c2ccccc2C1=O. The molecule has 0 unspecified atom stereocenters. The van der Waals surface area contributed by atoms with Crippen molar-refractivity contribution in [3.05, 3.63) is 35.4 Å². The summed E-state index contributed by atoms with van der Waals surface area (Å²) >= 11 is 0. The lowest BCUT2D eigenvalue weighted by molar-refractivity contribution is -0.123. The second-order valence-electron chi connectivity index (χ2n) is 4.80. The van der Waals surface area contributed by atoms with Gasteiger partial charge in [0, 0.05) is 25.8 Å². The fourth-order valence-corrected chi connectivity index (χ4v) is 2.12. The molecule has 0 saturated heterocycles. The summed E-state index contributed by atoms with van der Waals surface area (Å²) in [5, 5.41) is 0. The van der Waals surface area contributed by atoms with Gasteiger partial charge < -0.3 is 4.79 Å². The summed E-state index contributed by atoms with van der Waals surface area (Å²) in [5.41, 5.74) is 0.766. The molecule has 2 rings (SSSR count). The summed E-state index contributed by atoms with van der Waals surface area (Å²) < 4.78 is 0. The van der Waals surface area contributed by atoms with E-state index >= 15 is 0 Å². The molecular formula is C15H15NO4. The van der Waals surface area contributed by atoms with Crippen LogP contribution in [0.25, 0.3) is 0 Å². The average molecular weight is 273 g/mol. The number of carbonyl (C=O) groups is 4. The van der Waals surface area contributed by atoms with E-state index < -0.39 is 0 Å². The van der Waals surface area contributed by atoms with E-state index in [0.717, 1.165) is 4.90 Å². The van der Waals surface area contributed by atoms with Crippen LogP contribution in [0.3, 0.4) is 0 Å². The average Bonchev–Trinajstić information content (AvgIpc) is 2.67. The number of hydrogen-bond donors (Lipinski definition) is 0. The first-order valence-corrected chi connectivity index (χ1v) is 6.47. The Morgan fingerprint density at radius 1 is 0.950 bits per heavy atom. The van der Waals surface area contributed by atoms with E-state index in [1.807, 2.05) is 0 Å². The predicted octanol–water partition coefficient (Wildman–Crippen LogP) is 1.61. The van der Waals surface area contributed by atoms with Gasteiger partial charge in [-0.3, -0.25) is 19.3 Å². The van der Waals surface area contributed by atoms with Gasteiger partial charge in [-0.1, -0.05) is 12.1 Å². The van der Waals surface area contributed by atoms with Crippen molar-refractivity contribution in [1.29, 1.82) is 0 Å². The highest BCUT2D eigenvalue weighted by atomic mass is 16.2. The number of fused-ring (bicyclic) bond motifs is 1. The van der Waals surface area contributed by atoms with Gasteiger partial charge in [0.1, 0.15) is 11.6 Å². The Morgan fingerprint density at radius 2 is 1.50 bits per heavy atom. The van der Waals surface area contributed by atoms with Crippen molar-refractivity contribution in [2.45, 2.75) is 26.2 Å². The van der Waals surface area contributed by atoms with Crippen molar-refractivity contribution in [2.75, 3.05) is 6.54 Å². The predicted molar refractivity (Wildman–Crippen MR) is 71.3 cm³/mol. The molecule has 0 spiro atoms. The maximum atomic E-state index is 12.0. The van der Waals surface area contributed by atoms with Crippen LogP contribution in [0.5, 0.6) is 0 Å². The van der Waals surface area contributed by atoms with Gasteiger partial charge in [0.15, 0.2) is 0 Å². The summed E-state index contributed by atoms with van der Waals surface area (Å²) in [6.07, 6.45) is 0.470. The molecule has 1 aromatic carbocycles. The zero-order valence-corrected chi connectivity index (χ0v) is 11.2. The molecule has 1 heterocycles. The van der Waals surface area contributed by atoms with E-state index in [2.05, 4.69) is 0 Å². The van der Waals surface area contributed by atoms with Gasteiger partial charge in [-0.25, -0.2) is 0 Å². The highest BCUT2D eigenvalue weighted by molar-refractivity contribution is 6.21. The molecular weight excluding hydrogens is 258 g/mol. The minimum Gasteiger partial charge on any atom is -0.300 e. The molecule has 0 fully saturated rings. The molecule has 5 heteroatoms. The Hall–Kier alpha value is -2.30. The number of amides is 2. The lowest BCUT2D eigenvalue weighted by Gasteiger charge is -2.12. The Kier molecular flexibility index (Phi) is 4.08. The van der Waals surface area contributed by atoms with Crippen LogP contribution in [0.2, 0.25) is 0 Å². The number of benzene rings is 1. The summed E-state index contributed by atoms with van der Waals surface area (Å²) in [5.74, 6) is -0.870. The smallest absolute Gasteiger partial charge is 0.261 e. The number of rotatable bonds is 6. The fraction of sp³-hybridized carbons (Fsp3) is 0.333. The molecule has 0 N–H and O–H groups in total. The molecule has 20 heavy (non-hydrogen) atoms.